The molecule has 2 unspecified atom stereocenters. The molecule has 0 aromatic rings. The van der Waals surface area contributed by atoms with Crippen LogP contribution >= 0.6 is 0 Å². The minimum Gasteiger partial charge on any atom is -0.377 e. The van der Waals surface area contributed by atoms with Crippen molar-refractivity contribution in [3.8, 4) is 0 Å². The minimum atomic E-state index is 0.302. The molecule has 0 radical (unpaired) electrons. The van der Waals surface area contributed by atoms with Crippen molar-refractivity contribution in [2.24, 2.45) is 11.7 Å². The summed E-state index contributed by atoms with van der Waals surface area (Å²) < 4.78 is 5.60. The maximum absolute atomic E-state index is 6.07. The van der Waals surface area contributed by atoms with Gasteiger partial charge in [0.1, 0.15) is 0 Å². The number of nitrogens with two attached hydrogens (primary N) is 1. The first-order chi connectivity index (χ1) is 7.08. The fraction of sp³-hybridized carbons (Fsp3) is 1.00. The third-order valence-corrected chi connectivity index (χ3v) is 2.86. The van der Waals surface area contributed by atoms with Crippen LogP contribution in [0, 0.1) is 5.92 Å². The molecule has 0 bridgehead atoms. The molecule has 0 spiro atoms. The van der Waals surface area contributed by atoms with Gasteiger partial charge in [0, 0.05) is 25.7 Å². The highest BCUT2D eigenvalue weighted by Gasteiger charge is 2.18. The molecular weight excluding hydrogens is 188 g/mol. The smallest absolute Gasteiger partial charge is 0.0702 e. The molecule has 0 aromatic heterocycles. The monoisotopic (exact) mass is 214 g/mol. The Hall–Kier alpha value is -0.120. The number of ether oxygens (including phenoxy) is 1. The lowest BCUT2D eigenvalue weighted by molar-refractivity contribution is 0.0790. The Kier molecular flexibility index (Phi) is 5.58. The minimum absolute atomic E-state index is 0.302. The number of hydrogen-bond acceptors (Lipinski definition) is 3. The van der Waals surface area contributed by atoms with Gasteiger partial charge in [-0.25, -0.2) is 0 Å². The van der Waals surface area contributed by atoms with E-state index < -0.39 is 0 Å². The Labute approximate surface area is 94.0 Å². The van der Waals surface area contributed by atoms with Gasteiger partial charge in [0.15, 0.2) is 0 Å². The summed E-state index contributed by atoms with van der Waals surface area (Å²) in [4.78, 5) is 2.31. The Morgan fingerprint density at radius 1 is 1.47 bits per heavy atom. The van der Waals surface area contributed by atoms with Gasteiger partial charge in [0.25, 0.3) is 0 Å². The van der Waals surface area contributed by atoms with Crippen LogP contribution in [0.25, 0.3) is 0 Å². The van der Waals surface area contributed by atoms with Crippen LogP contribution in [0.1, 0.15) is 33.1 Å². The average molecular weight is 214 g/mol. The second kappa shape index (κ2) is 6.46. The molecule has 0 aliphatic carbocycles. The summed E-state index contributed by atoms with van der Waals surface area (Å²) in [5, 5.41) is 0. The zero-order chi connectivity index (χ0) is 11.3. The fourth-order valence-corrected chi connectivity index (χ4v) is 2.29. The van der Waals surface area contributed by atoms with E-state index in [-0.39, 0.29) is 0 Å². The molecule has 1 saturated heterocycles. The van der Waals surface area contributed by atoms with Crippen LogP contribution in [0.15, 0.2) is 0 Å². The lowest BCUT2D eigenvalue weighted by Gasteiger charge is -2.24. The molecule has 15 heavy (non-hydrogen) atoms. The predicted molar refractivity (Wildman–Crippen MR) is 63.9 cm³/mol. The molecule has 1 aliphatic heterocycles. The second-order valence-corrected chi connectivity index (χ2v) is 5.25. The largest absolute Gasteiger partial charge is 0.377 e. The number of rotatable bonds is 6. The van der Waals surface area contributed by atoms with Crippen LogP contribution in [-0.4, -0.2) is 43.8 Å². The van der Waals surface area contributed by atoms with Crippen LogP contribution in [0.3, 0.4) is 0 Å². The highest BCUT2D eigenvalue weighted by atomic mass is 16.5. The summed E-state index contributed by atoms with van der Waals surface area (Å²) in [6.45, 7) is 7.40. The van der Waals surface area contributed by atoms with E-state index in [1.165, 1.54) is 12.8 Å². The molecule has 0 saturated carbocycles. The molecule has 3 nitrogen and oxygen atoms in total. The van der Waals surface area contributed by atoms with Gasteiger partial charge in [-0.05, 0) is 32.2 Å². The molecule has 0 amide bonds. The van der Waals surface area contributed by atoms with E-state index in [9.17, 15) is 0 Å². The van der Waals surface area contributed by atoms with E-state index in [2.05, 4.69) is 25.8 Å². The lowest BCUT2D eigenvalue weighted by Crippen LogP contribution is -2.39. The lowest BCUT2D eigenvalue weighted by atomic mass is 10.0. The fourth-order valence-electron chi connectivity index (χ4n) is 2.29. The standard InChI is InChI=1S/C12H26N2O/c1-10(2)7-11(13)8-14(3)9-12-5-4-6-15-12/h10-12H,4-9,13H2,1-3H3. The van der Waals surface area contributed by atoms with Crippen molar-refractivity contribution in [1.29, 1.82) is 0 Å². The summed E-state index contributed by atoms with van der Waals surface area (Å²) in [5.41, 5.74) is 6.07. The van der Waals surface area contributed by atoms with Crippen molar-refractivity contribution >= 4 is 0 Å². The van der Waals surface area contributed by atoms with Gasteiger partial charge in [-0.2, -0.15) is 0 Å². The first kappa shape index (κ1) is 12.9. The summed E-state index contributed by atoms with van der Waals surface area (Å²) >= 11 is 0. The van der Waals surface area contributed by atoms with Gasteiger partial charge in [0.05, 0.1) is 6.10 Å². The first-order valence-electron chi connectivity index (χ1n) is 6.13. The maximum atomic E-state index is 6.07. The quantitative estimate of drug-likeness (QED) is 0.727. The van der Waals surface area contributed by atoms with Crippen LogP contribution < -0.4 is 5.73 Å². The molecule has 1 rings (SSSR count). The van der Waals surface area contributed by atoms with Crippen molar-refractivity contribution in [3.63, 3.8) is 0 Å². The number of nitrogens with zero attached hydrogens (tertiary/aromatic N) is 1. The molecule has 3 heteroatoms. The molecular formula is C12H26N2O. The third-order valence-electron chi connectivity index (χ3n) is 2.86. The van der Waals surface area contributed by atoms with Crippen LogP contribution in [0.2, 0.25) is 0 Å². The number of hydrogen-bond donors (Lipinski definition) is 1. The topological polar surface area (TPSA) is 38.5 Å². The van der Waals surface area contributed by atoms with Crippen molar-refractivity contribution < 1.29 is 4.74 Å². The van der Waals surface area contributed by atoms with Gasteiger partial charge < -0.3 is 15.4 Å². The normalized spacial score (nSPS) is 24.0. The first-order valence-corrected chi connectivity index (χ1v) is 6.13. The highest BCUT2D eigenvalue weighted by Crippen LogP contribution is 2.13. The Morgan fingerprint density at radius 2 is 2.20 bits per heavy atom. The molecule has 1 aliphatic rings. The zero-order valence-corrected chi connectivity index (χ0v) is 10.4. The van der Waals surface area contributed by atoms with Crippen molar-refractivity contribution in [1.82, 2.24) is 4.90 Å². The second-order valence-electron chi connectivity index (χ2n) is 5.25. The van der Waals surface area contributed by atoms with Gasteiger partial charge in [-0.1, -0.05) is 13.8 Å². The summed E-state index contributed by atoms with van der Waals surface area (Å²) in [6.07, 6.45) is 3.98. The molecule has 1 heterocycles. The molecule has 0 aromatic carbocycles. The van der Waals surface area contributed by atoms with Crippen LogP contribution in [-0.2, 0) is 4.74 Å². The Morgan fingerprint density at radius 3 is 2.73 bits per heavy atom. The summed E-state index contributed by atoms with van der Waals surface area (Å²) in [6, 6.07) is 0.302. The van der Waals surface area contributed by atoms with Gasteiger partial charge in [0.2, 0.25) is 0 Å². The van der Waals surface area contributed by atoms with Crippen LogP contribution in [0.4, 0.5) is 0 Å². The van der Waals surface area contributed by atoms with Crippen LogP contribution in [0.5, 0.6) is 0 Å². The van der Waals surface area contributed by atoms with E-state index in [1.807, 2.05) is 0 Å². The number of likely N-dealkylation sites (N-methyl/N-ethyl adjacent to an activating group) is 1. The van der Waals surface area contributed by atoms with E-state index >= 15 is 0 Å². The van der Waals surface area contributed by atoms with Gasteiger partial charge in [-0.15, -0.1) is 0 Å². The maximum Gasteiger partial charge on any atom is 0.0702 e. The van der Waals surface area contributed by atoms with E-state index in [1.54, 1.807) is 0 Å². The highest BCUT2D eigenvalue weighted by molar-refractivity contribution is 4.72. The average Bonchev–Trinajstić information content (AvgIpc) is 2.53. The van der Waals surface area contributed by atoms with Crippen molar-refractivity contribution in [2.45, 2.75) is 45.3 Å². The molecule has 2 N–H and O–H groups in total. The van der Waals surface area contributed by atoms with E-state index in [0.29, 0.717) is 18.1 Å². The van der Waals surface area contributed by atoms with Gasteiger partial charge >= 0.3 is 0 Å². The van der Waals surface area contributed by atoms with Crippen molar-refractivity contribution in [2.75, 3.05) is 26.7 Å². The Balaban J connectivity index is 2.13. The third kappa shape index (κ3) is 5.50. The molecule has 1 fully saturated rings. The molecule has 2 atom stereocenters. The van der Waals surface area contributed by atoms with E-state index in [0.717, 1.165) is 26.1 Å². The Bertz CT molecular complexity index is 167. The summed E-state index contributed by atoms with van der Waals surface area (Å²) in [7, 11) is 2.14. The molecule has 90 valence electrons. The van der Waals surface area contributed by atoms with E-state index in [4.69, 9.17) is 10.5 Å². The zero-order valence-electron chi connectivity index (χ0n) is 10.4. The summed E-state index contributed by atoms with van der Waals surface area (Å²) in [5.74, 6) is 0.691. The van der Waals surface area contributed by atoms with Crippen molar-refractivity contribution in [3.05, 3.63) is 0 Å². The SMILES string of the molecule is CC(C)CC(N)CN(C)CC1CCCO1. The predicted octanol–water partition coefficient (Wildman–Crippen LogP) is 1.47. The van der Waals surface area contributed by atoms with Gasteiger partial charge in [-0.3, -0.25) is 0 Å².